The van der Waals surface area contributed by atoms with E-state index in [9.17, 15) is 9.59 Å². The van der Waals surface area contributed by atoms with E-state index in [1.807, 2.05) is 0 Å². The third kappa shape index (κ3) is 8.13. The number of rotatable bonds is 4. The monoisotopic (exact) mass is 358 g/mol. The summed E-state index contributed by atoms with van der Waals surface area (Å²) in [4.78, 5) is 26.9. The molecular formula is C13H19BrN4O3. The van der Waals surface area contributed by atoms with Gasteiger partial charge in [0.25, 0.3) is 0 Å². The number of alkyl carbamates (subject to hydrolysis) is 1. The maximum absolute atomic E-state index is 11.6. The van der Waals surface area contributed by atoms with Gasteiger partial charge in [0.2, 0.25) is 0 Å². The number of nitrogens with zero attached hydrogens (tertiary/aromatic N) is 1. The summed E-state index contributed by atoms with van der Waals surface area (Å²) in [5.41, 5.74) is -0.540. The maximum atomic E-state index is 11.6. The molecule has 7 nitrogen and oxygen atoms in total. The number of hydrogen-bond donors (Lipinski definition) is 3. The van der Waals surface area contributed by atoms with Crippen LogP contribution in [-0.2, 0) is 4.74 Å². The van der Waals surface area contributed by atoms with Crippen LogP contribution >= 0.6 is 15.9 Å². The first-order chi connectivity index (χ1) is 9.76. The molecule has 0 spiro atoms. The molecule has 0 aliphatic heterocycles. The second-order valence-electron chi connectivity index (χ2n) is 5.17. The average molecular weight is 359 g/mol. The van der Waals surface area contributed by atoms with Crippen molar-refractivity contribution >= 4 is 33.9 Å². The van der Waals surface area contributed by atoms with Crippen LogP contribution in [0.5, 0.6) is 0 Å². The molecule has 1 rings (SSSR count). The highest BCUT2D eigenvalue weighted by Crippen LogP contribution is 2.12. The van der Waals surface area contributed by atoms with E-state index in [-0.39, 0.29) is 13.1 Å². The Labute approximate surface area is 132 Å². The van der Waals surface area contributed by atoms with Crippen molar-refractivity contribution < 1.29 is 14.3 Å². The number of carbonyl (C=O) groups is 2. The lowest BCUT2D eigenvalue weighted by Gasteiger charge is -2.19. The third-order valence-electron chi connectivity index (χ3n) is 2.04. The van der Waals surface area contributed by atoms with Gasteiger partial charge in [-0.3, -0.25) is 5.32 Å². The molecule has 116 valence electrons. The quantitative estimate of drug-likeness (QED) is 0.721. The number of hydrogen-bond acceptors (Lipinski definition) is 4. The van der Waals surface area contributed by atoms with Gasteiger partial charge < -0.3 is 15.4 Å². The van der Waals surface area contributed by atoms with Crippen LogP contribution < -0.4 is 16.0 Å². The number of halogens is 1. The molecule has 1 aromatic heterocycles. The van der Waals surface area contributed by atoms with Gasteiger partial charge >= 0.3 is 12.1 Å². The Morgan fingerprint density at radius 2 is 1.95 bits per heavy atom. The van der Waals surface area contributed by atoms with E-state index in [0.29, 0.717) is 5.82 Å². The van der Waals surface area contributed by atoms with Crippen molar-refractivity contribution in [2.75, 3.05) is 18.4 Å². The van der Waals surface area contributed by atoms with Crippen LogP contribution in [0.25, 0.3) is 0 Å². The first kappa shape index (κ1) is 17.2. The number of ether oxygens (including phenoxy) is 1. The summed E-state index contributed by atoms with van der Waals surface area (Å²) in [5.74, 6) is 0.432. The zero-order chi connectivity index (χ0) is 15.9. The molecule has 0 unspecified atom stereocenters. The highest BCUT2D eigenvalue weighted by molar-refractivity contribution is 9.10. The maximum Gasteiger partial charge on any atom is 0.407 e. The molecule has 0 aliphatic carbocycles. The van der Waals surface area contributed by atoms with E-state index in [4.69, 9.17) is 4.74 Å². The summed E-state index contributed by atoms with van der Waals surface area (Å²) in [6.07, 6.45) is 1.06. The van der Waals surface area contributed by atoms with Crippen molar-refractivity contribution in [1.82, 2.24) is 15.6 Å². The van der Waals surface area contributed by atoms with Gasteiger partial charge in [-0.25, -0.2) is 14.6 Å². The van der Waals surface area contributed by atoms with Crippen molar-refractivity contribution in [3.8, 4) is 0 Å². The van der Waals surface area contributed by atoms with Gasteiger partial charge in [-0.05, 0) is 32.9 Å². The molecule has 0 saturated heterocycles. The lowest BCUT2D eigenvalue weighted by Crippen LogP contribution is -2.39. The first-order valence-electron chi connectivity index (χ1n) is 6.39. The van der Waals surface area contributed by atoms with Crippen LogP contribution in [0.4, 0.5) is 15.4 Å². The molecule has 3 N–H and O–H groups in total. The number of carbonyl (C=O) groups excluding carboxylic acids is 2. The van der Waals surface area contributed by atoms with Gasteiger partial charge in [0.15, 0.2) is 0 Å². The summed E-state index contributed by atoms with van der Waals surface area (Å²) >= 11 is 3.28. The number of amides is 3. The fraction of sp³-hybridized carbons (Fsp3) is 0.462. The Bertz CT molecular complexity index is 502. The zero-order valence-electron chi connectivity index (χ0n) is 12.2. The largest absolute Gasteiger partial charge is 0.444 e. The number of aromatic nitrogens is 1. The van der Waals surface area contributed by atoms with Gasteiger partial charge in [0, 0.05) is 23.8 Å². The van der Waals surface area contributed by atoms with Crippen LogP contribution in [0.3, 0.4) is 0 Å². The van der Waals surface area contributed by atoms with Gasteiger partial charge in [-0.15, -0.1) is 0 Å². The summed E-state index contributed by atoms with van der Waals surface area (Å²) in [5, 5.41) is 7.71. The van der Waals surface area contributed by atoms with E-state index >= 15 is 0 Å². The van der Waals surface area contributed by atoms with Crippen molar-refractivity contribution in [3.63, 3.8) is 0 Å². The Morgan fingerprint density at radius 1 is 1.29 bits per heavy atom. The van der Waals surface area contributed by atoms with Crippen molar-refractivity contribution in [2.45, 2.75) is 26.4 Å². The third-order valence-corrected chi connectivity index (χ3v) is 2.54. The SMILES string of the molecule is CC(C)(C)OC(=O)NCCNC(=O)Nc1cc(Br)ccn1. The first-order valence-corrected chi connectivity index (χ1v) is 7.19. The summed E-state index contributed by atoms with van der Waals surface area (Å²) in [6, 6.07) is 3.04. The molecule has 0 atom stereocenters. The minimum Gasteiger partial charge on any atom is -0.444 e. The van der Waals surface area contributed by atoms with Crippen molar-refractivity contribution in [1.29, 1.82) is 0 Å². The zero-order valence-corrected chi connectivity index (χ0v) is 13.8. The van der Waals surface area contributed by atoms with Gasteiger partial charge in [-0.1, -0.05) is 15.9 Å². The van der Waals surface area contributed by atoms with Crippen LogP contribution in [0, 0.1) is 0 Å². The number of anilines is 1. The number of urea groups is 1. The topological polar surface area (TPSA) is 92.4 Å². The molecule has 21 heavy (non-hydrogen) atoms. The second-order valence-corrected chi connectivity index (χ2v) is 6.08. The fourth-order valence-electron chi connectivity index (χ4n) is 1.29. The van der Waals surface area contributed by atoms with E-state index in [1.54, 1.807) is 39.1 Å². The van der Waals surface area contributed by atoms with Crippen LogP contribution in [0.15, 0.2) is 22.8 Å². The molecule has 1 heterocycles. The Morgan fingerprint density at radius 3 is 2.57 bits per heavy atom. The molecule has 1 aromatic rings. The molecule has 0 bridgehead atoms. The van der Waals surface area contributed by atoms with E-state index < -0.39 is 17.7 Å². The lowest BCUT2D eigenvalue weighted by atomic mass is 10.2. The molecular weight excluding hydrogens is 340 g/mol. The summed E-state index contributed by atoms with van der Waals surface area (Å²) in [6.45, 7) is 5.89. The minimum absolute atomic E-state index is 0.272. The fourth-order valence-corrected chi connectivity index (χ4v) is 1.62. The average Bonchev–Trinajstić information content (AvgIpc) is 2.32. The van der Waals surface area contributed by atoms with E-state index in [2.05, 4.69) is 36.9 Å². The smallest absolute Gasteiger partial charge is 0.407 e. The molecule has 0 aliphatic rings. The predicted octanol–water partition coefficient (Wildman–Crippen LogP) is 2.49. The Balaban J connectivity index is 2.21. The second kappa shape index (κ2) is 7.82. The Kier molecular flexibility index (Phi) is 6.41. The lowest BCUT2D eigenvalue weighted by molar-refractivity contribution is 0.0528. The number of pyridine rings is 1. The van der Waals surface area contributed by atoms with Crippen LogP contribution in [-0.4, -0.2) is 35.8 Å². The van der Waals surface area contributed by atoms with E-state index in [1.165, 1.54) is 0 Å². The standard InChI is InChI=1S/C13H19BrN4O3/c1-13(2,3)21-12(20)17-7-6-16-11(19)18-10-8-9(14)4-5-15-10/h4-5,8H,6-7H2,1-3H3,(H,17,20)(H2,15,16,18,19). The van der Waals surface area contributed by atoms with E-state index in [0.717, 1.165) is 4.47 Å². The van der Waals surface area contributed by atoms with Gasteiger partial charge in [0.1, 0.15) is 11.4 Å². The molecule has 3 amide bonds. The normalized spacial score (nSPS) is 10.7. The van der Waals surface area contributed by atoms with Crippen molar-refractivity contribution in [3.05, 3.63) is 22.8 Å². The molecule has 0 saturated carbocycles. The minimum atomic E-state index is -0.540. The molecule has 0 fully saturated rings. The van der Waals surface area contributed by atoms with Gasteiger partial charge in [0.05, 0.1) is 0 Å². The Hall–Kier alpha value is -1.83. The highest BCUT2D eigenvalue weighted by atomic mass is 79.9. The highest BCUT2D eigenvalue weighted by Gasteiger charge is 2.15. The predicted molar refractivity (Wildman–Crippen MR) is 83.2 cm³/mol. The van der Waals surface area contributed by atoms with Crippen LogP contribution in [0.1, 0.15) is 20.8 Å². The number of nitrogens with one attached hydrogen (secondary N) is 3. The molecule has 0 radical (unpaired) electrons. The van der Waals surface area contributed by atoms with Crippen molar-refractivity contribution in [2.24, 2.45) is 0 Å². The molecule has 0 aromatic carbocycles. The summed E-state index contributed by atoms with van der Waals surface area (Å²) in [7, 11) is 0. The van der Waals surface area contributed by atoms with Crippen LogP contribution in [0.2, 0.25) is 0 Å². The molecule has 8 heteroatoms. The summed E-state index contributed by atoms with van der Waals surface area (Å²) < 4.78 is 5.88. The van der Waals surface area contributed by atoms with Gasteiger partial charge in [-0.2, -0.15) is 0 Å².